The van der Waals surface area contributed by atoms with Gasteiger partial charge in [0.2, 0.25) is 5.91 Å². The van der Waals surface area contributed by atoms with Gasteiger partial charge in [0.15, 0.2) is 0 Å². The standard InChI is InChI=1S/C12H20ClNO/c1-8(6-7-13)14-12(15)11-9-4-2-3-5-10(9)11/h8-11H,2-7H2,1H3,(H,14,15). The number of carbonyl (C=O) groups excluding carboxylic acids is 1. The average Bonchev–Trinajstić information content (AvgIpc) is 2.91. The average molecular weight is 230 g/mol. The van der Waals surface area contributed by atoms with E-state index in [4.69, 9.17) is 11.6 Å². The van der Waals surface area contributed by atoms with Crippen molar-refractivity contribution in [3.05, 3.63) is 0 Å². The van der Waals surface area contributed by atoms with Gasteiger partial charge in [-0.1, -0.05) is 12.8 Å². The summed E-state index contributed by atoms with van der Waals surface area (Å²) in [6, 6.07) is 0.234. The summed E-state index contributed by atoms with van der Waals surface area (Å²) in [7, 11) is 0. The molecule has 86 valence electrons. The second-order valence-electron chi connectivity index (χ2n) is 5.03. The molecule has 2 aliphatic rings. The van der Waals surface area contributed by atoms with Crippen molar-refractivity contribution in [3.63, 3.8) is 0 Å². The first-order valence-corrected chi connectivity index (χ1v) is 6.64. The SMILES string of the molecule is CC(CCCl)NC(=O)C1C2CCCCC21. The number of hydrogen-bond donors (Lipinski definition) is 1. The molecule has 0 aliphatic heterocycles. The molecule has 1 amide bonds. The lowest BCUT2D eigenvalue weighted by atomic mass is 10.0. The minimum absolute atomic E-state index is 0.234. The number of halogens is 1. The number of amides is 1. The highest BCUT2D eigenvalue weighted by Crippen LogP contribution is 2.55. The van der Waals surface area contributed by atoms with Crippen molar-refractivity contribution in [2.45, 2.75) is 45.1 Å². The fraction of sp³-hybridized carbons (Fsp3) is 0.917. The van der Waals surface area contributed by atoms with Gasteiger partial charge in [0, 0.05) is 17.8 Å². The molecule has 0 heterocycles. The first-order chi connectivity index (χ1) is 7.24. The normalized spacial score (nSPS) is 35.5. The Morgan fingerprint density at radius 1 is 1.40 bits per heavy atom. The van der Waals surface area contributed by atoms with E-state index < -0.39 is 0 Å². The summed E-state index contributed by atoms with van der Waals surface area (Å²) in [4.78, 5) is 11.9. The van der Waals surface area contributed by atoms with Crippen molar-refractivity contribution in [3.8, 4) is 0 Å². The van der Waals surface area contributed by atoms with E-state index in [1.54, 1.807) is 0 Å². The third kappa shape index (κ3) is 2.47. The van der Waals surface area contributed by atoms with Gasteiger partial charge in [-0.2, -0.15) is 0 Å². The quantitative estimate of drug-likeness (QED) is 0.738. The molecule has 2 rings (SSSR count). The van der Waals surface area contributed by atoms with Crippen LogP contribution in [0.1, 0.15) is 39.0 Å². The molecule has 0 aromatic heterocycles. The topological polar surface area (TPSA) is 29.1 Å². The number of nitrogens with one attached hydrogen (secondary N) is 1. The first kappa shape index (κ1) is 11.3. The van der Waals surface area contributed by atoms with E-state index in [1.165, 1.54) is 25.7 Å². The summed E-state index contributed by atoms with van der Waals surface area (Å²) in [5, 5.41) is 3.08. The molecule has 3 unspecified atom stereocenters. The molecule has 3 atom stereocenters. The fourth-order valence-corrected chi connectivity index (χ4v) is 3.28. The van der Waals surface area contributed by atoms with Crippen LogP contribution in [0.5, 0.6) is 0 Å². The molecular weight excluding hydrogens is 210 g/mol. The fourth-order valence-electron chi connectivity index (χ4n) is 2.96. The molecule has 15 heavy (non-hydrogen) atoms. The molecule has 0 saturated heterocycles. The van der Waals surface area contributed by atoms with Crippen molar-refractivity contribution in [2.24, 2.45) is 17.8 Å². The van der Waals surface area contributed by atoms with Crippen molar-refractivity contribution < 1.29 is 4.79 Å². The maximum atomic E-state index is 11.9. The lowest BCUT2D eigenvalue weighted by Crippen LogP contribution is -2.34. The molecule has 3 heteroatoms. The zero-order valence-electron chi connectivity index (χ0n) is 9.34. The Morgan fingerprint density at radius 3 is 2.53 bits per heavy atom. The molecule has 2 fully saturated rings. The predicted octanol–water partition coefficient (Wildman–Crippen LogP) is 2.56. The van der Waals surface area contributed by atoms with E-state index in [2.05, 4.69) is 5.32 Å². The molecule has 0 aromatic rings. The van der Waals surface area contributed by atoms with Gasteiger partial charge in [0.05, 0.1) is 0 Å². The Labute approximate surface area is 96.8 Å². The molecule has 0 spiro atoms. The minimum Gasteiger partial charge on any atom is -0.353 e. The predicted molar refractivity (Wildman–Crippen MR) is 61.9 cm³/mol. The van der Waals surface area contributed by atoms with Crippen LogP contribution >= 0.6 is 11.6 Å². The molecular formula is C12H20ClNO. The first-order valence-electron chi connectivity index (χ1n) is 6.10. The lowest BCUT2D eigenvalue weighted by molar-refractivity contribution is -0.123. The maximum absolute atomic E-state index is 11.9. The number of rotatable bonds is 4. The Morgan fingerprint density at radius 2 is 2.00 bits per heavy atom. The Kier molecular flexibility index (Phi) is 3.55. The Bertz CT molecular complexity index is 232. The summed E-state index contributed by atoms with van der Waals surface area (Å²) in [5.41, 5.74) is 0. The van der Waals surface area contributed by atoms with E-state index in [9.17, 15) is 4.79 Å². The highest BCUT2D eigenvalue weighted by molar-refractivity contribution is 6.17. The Hall–Kier alpha value is -0.240. The highest BCUT2D eigenvalue weighted by atomic mass is 35.5. The van der Waals surface area contributed by atoms with Gasteiger partial charge in [0.1, 0.15) is 0 Å². The second kappa shape index (κ2) is 4.73. The zero-order valence-corrected chi connectivity index (χ0v) is 10.1. The van der Waals surface area contributed by atoms with Gasteiger partial charge in [-0.3, -0.25) is 4.79 Å². The maximum Gasteiger partial charge on any atom is 0.223 e. The largest absolute Gasteiger partial charge is 0.353 e. The molecule has 0 bridgehead atoms. The number of alkyl halides is 1. The van der Waals surface area contributed by atoms with E-state index in [-0.39, 0.29) is 11.9 Å². The van der Waals surface area contributed by atoms with Crippen molar-refractivity contribution >= 4 is 17.5 Å². The van der Waals surface area contributed by atoms with Crippen molar-refractivity contribution in [1.29, 1.82) is 0 Å². The summed E-state index contributed by atoms with van der Waals surface area (Å²) in [6.45, 7) is 2.03. The third-order valence-corrected chi connectivity index (χ3v) is 4.11. The molecule has 0 aromatic carbocycles. The van der Waals surface area contributed by atoms with Crippen molar-refractivity contribution in [2.75, 3.05) is 5.88 Å². The highest BCUT2D eigenvalue weighted by Gasteiger charge is 2.54. The van der Waals surface area contributed by atoms with Gasteiger partial charge in [-0.05, 0) is 38.0 Å². The molecule has 2 aliphatic carbocycles. The number of carbonyl (C=O) groups is 1. The minimum atomic E-state index is 0.234. The molecule has 0 radical (unpaired) electrons. The van der Waals surface area contributed by atoms with Crippen LogP contribution in [0.4, 0.5) is 0 Å². The summed E-state index contributed by atoms with van der Waals surface area (Å²) in [5.74, 6) is 2.66. The third-order valence-electron chi connectivity index (χ3n) is 3.89. The second-order valence-corrected chi connectivity index (χ2v) is 5.40. The lowest BCUT2D eigenvalue weighted by Gasteiger charge is -2.11. The van der Waals surface area contributed by atoms with E-state index in [0.717, 1.165) is 6.42 Å². The van der Waals surface area contributed by atoms with Gasteiger partial charge in [-0.15, -0.1) is 11.6 Å². The van der Waals surface area contributed by atoms with Gasteiger partial charge < -0.3 is 5.32 Å². The van der Waals surface area contributed by atoms with E-state index in [1.807, 2.05) is 6.92 Å². The smallest absolute Gasteiger partial charge is 0.223 e. The van der Waals surface area contributed by atoms with Crippen LogP contribution in [-0.2, 0) is 4.79 Å². The monoisotopic (exact) mass is 229 g/mol. The summed E-state index contributed by atoms with van der Waals surface area (Å²) in [6.07, 6.45) is 6.05. The van der Waals surface area contributed by atoms with Gasteiger partial charge in [-0.25, -0.2) is 0 Å². The van der Waals surface area contributed by atoms with Crippen LogP contribution in [0, 0.1) is 17.8 Å². The van der Waals surface area contributed by atoms with E-state index in [0.29, 0.717) is 23.6 Å². The molecule has 2 nitrogen and oxygen atoms in total. The van der Waals surface area contributed by atoms with Crippen LogP contribution in [-0.4, -0.2) is 17.8 Å². The van der Waals surface area contributed by atoms with Gasteiger partial charge >= 0.3 is 0 Å². The molecule has 1 N–H and O–H groups in total. The van der Waals surface area contributed by atoms with Crippen LogP contribution in [0.25, 0.3) is 0 Å². The van der Waals surface area contributed by atoms with Crippen molar-refractivity contribution in [1.82, 2.24) is 5.32 Å². The summed E-state index contributed by atoms with van der Waals surface area (Å²) >= 11 is 5.65. The van der Waals surface area contributed by atoms with Crippen LogP contribution in [0.3, 0.4) is 0 Å². The zero-order chi connectivity index (χ0) is 10.8. The van der Waals surface area contributed by atoms with Crippen LogP contribution < -0.4 is 5.32 Å². The van der Waals surface area contributed by atoms with Gasteiger partial charge in [0.25, 0.3) is 0 Å². The van der Waals surface area contributed by atoms with Crippen LogP contribution in [0.15, 0.2) is 0 Å². The molecule has 2 saturated carbocycles. The summed E-state index contributed by atoms with van der Waals surface area (Å²) < 4.78 is 0. The number of fused-ring (bicyclic) bond motifs is 1. The van der Waals surface area contributed by atoms with Crippen LogP contribution in [0.2, 0.25) is 0 Å². The number of hydrogen-bond acceptors (Lipinski definition) is 1. The van der Waals surface area contributed by atoms with E-state index >= 15 is 0 Å². The Balaban J connectivity index is 1.77.